The number of alkyl carbamates (subject to hydrolysis) is 2. The number of nitrogens with one attached hydrogen (secondary N) is 8. The van der Waals surface area contributed by atoms with Gasteiger partial charge in [0, 0.05) is 35.9 Å². The lowest BCUT2D eigenvalue weighted by atomic mass is 10.0. The fourth-order valence-electron chi connectivity index (χ4n) is 11.5. The Hall–Kier alpha value is -11.7. The summed E-state index contributed by atoms with van der Waals surface area (Å²) in [5.41, 5.74) is 4.98. The van der Waals surface area contributed by atoms with Crippen molar-refractivity contribution in [2.75, 3.05) is 61.9 Å². The van der Waals surface area contributed by atoms with Crippen molar-refractivity contribution < 1.29 is 95.4 Å². The highest BCUT2D eigenvalue weighted by Gasteiger charge is 2.40. The maximum Gasteiger partial charge on any atom is 0.411 e. The zero-order valence-electron chi connectivity index (χ0n) is 66.7. The molecule has 608 valence electrons. The van der Waals surface area contributed by atoms with Crippen LogP contribution >= 0.6 is 0 Å². The van der Waals surface area contributed by atoms with Crippen molar-refractivity contribution in [2.24, 2.45) is 11.8 Å². The molecule has 0 saturated heterocycles. The Balaban J connectivity index is 1.05. The lowest BCUT2D eigenvalue weighted by Crippen LogP contribution is -2.53. The standard InChI is InChI=1S/C82H106N10O20Si/c1-18-31-106-80(102)89-70(48(3)4)74(96)83-52(9)72(94)85-58-27-23-54(24-28-58)43-110-78(100)87-64-38-68(66(104-14)36-62(64)76(98)91-40-50(7)33-60(91)42-93)108-45-56-21-20-22-57(35-56)46-109-69-39-65(63(37-67(69)105-15)77(99)92-41-51(8)34-61(92)47-112-113(16,17)82(11,12)13)88-79(101)111-44-55-25-29-59(30-26-55)86-73(95)53(10)84-75(97)71(49(5)6)90-81(103)107-32-19-2/h18-30,35-41,48-49,52-53,60-61,70-71,93H,1-2,31-34,42-47H2,3-17H3,(H,83,96)(H,84,97)(H,85,94)(H,86,95)(H,87,100)(H,88,101)(H,89,102)(H,90,103)/t52-,53-,60-,61-,70-,71-/m0/s1. The summed E-state index contributed by atoms with van der Waals surface area (Å²) in [5, 5.41) is 31.4. The van der Waals surface area contributed by atoms with E-state index >= 15 is 4.79 Å². The average Bonchev–Trinajstić information content (AvgIpc) is 1.65. The summed E-state index contributed by atoms with van der Waals surface area (Å²) in [6, 6.07) is 20.9. The molecule has 2 aliphatic rings. The number of ether oxygens (including phenoxy) is 8. The van der Waals surface area contributed by atoms with Crippen LogP contribution in [0.4, 0.5) is 41.9 Å². The maximum absolute atomic E-state index is 15.0. The van der Waals surface area contributed by atoms with Gasteiger partial charge in [-0.25, -0.2) is 19.2 Å². The van der Waals surface area contributed by atoms with Crippen molar-refractivity contribution in [3.05, 3.63) is 179 Å². The number of carbonyl (C=O) groups is 10. The number of methoxy groups -OCH3 is 2. The van der Waals surface area contributed by atoms with E-state index in [-0.39, 0.29) is 121 Å². The van der Waals surface area contributed by atoms with Crippen molar-refractivity contribution in [3.8, 4) is 23.0 Å². The van der Waals surface area contributed by atoms with Gasteiger partial charge < -0.3 is 89.1 Å². The number of hydrogen-bond acceptors (Lipinski definition) is 20. The normalized spacial score (nSPS) is 15.0. The second-order valence-corrected chi connectivity index (χ2v) is 34.4. The Morgan fingerprint density at radius 3 is 1.27 bits per heavy atom. The van der Waals surface area contributed by atoms with Gasteiger partial charge in [-0.2, -0.15) is 0 Å². The Bertz CT molecular complexity index is 4330. The molecule has 0 radical (unpaired) electrons. The average molecular weight is 1580 g/mol. The van der Waals surface area contributed by atoms with Crippen molar-refractivity contribution in [2.45, 2.75) is 170 Å². The van der Waals surface area contributed by atoms with E-state index in [4.69, 9.17) is 42.3 Å². The predicted octanol–water partition coefficient (Wildman–Crippen LogP) is 12.4. The number of rotatable bonds is 36. The number of aliphatic hydroxyl groups excluding tert-OH is 1. The number of anilines is 4. The molecule has 31 heteroatoms. The third kappa shape index (κ3) is 25.4. The van der Waals surface area contributed by atoms with Crippen LogP contribution in [0, 0.1) is 11.8 Å². The molecular weight excluding hydrogens is 1470 g/mol. The zero-order chi connectivity index (χ0) is 83.0. The predicted molar refractivity (Wildman–Crippen MR) is 428 cm³/mol. The van der Waals surface area contributed by atoms with Gasteiger partial charge >= 0.3 is 24.4 Å². The molecular formula is C82H106N10O20Si. The highest BCUT2D eigenvalue weighted by molar-refractivity contribution is 6.74. The third-order valence-corrected chi connectivity index (χ3v) is 23.4. The zero-order valence-corrected chi connectivity index (χ0v) is 67.7. The van der Waals surface area contributed by atoms with Crippen LogP contribution in [0.5, 0.6) is 23.0 Å². The van der Waals surface area contributed by atoms with Gasteiger partial charge in [0.1, 0.15) is 63.8 Å². The Kier molecular flexibility index (Phi) is 32.1. The Morgan fingerprint density at radius 1 is 0.504 bits per heavy atom. The van der Waals surface area contributed by atoms with Crippen LogP contribution in [0.25, 0.3) is 0 Å². The first-order valence-electron chi connectivity index (χ1n) is 36.9. The molecule has 2 heterocycles. The molecule has 113 heavy (non-hydrogen) atoms. The number of nitrogens with zero attached hydrogens (tertiary/aromatic N) is 2. The number of carbonyl (C=O) groups excluding carboxylic acids is 10. The molecule has 0 spiro atoms. The number of hydrogen-bond donors (Lipinski definition) is 9. The van der Waals surface area contributed by atoms with E-state index in [9.17, 15) is 48.3 Å². The smallest absolute Gasteiger partial charge is 0.411 e. The van der Waals surface area contributed by atoms with Crippen molar-refractivity contribution in [1.82, 2.24) is 31.1 Å². The molecule has 2 aliphatic heterocycles. The van der Waals surface area contributed by atoms with Crippen molar-refractivity contribution in [1.29, 1.82) is 0 Å². The largest absolute Gasteiger partial charge is 0.493 e. The van der Waals surface area contributed by atoms with Crippen LogP contribution in [0.1, 0.15) is 132 Å². The lowest BCUT2D eigenvalue weighted by Gasteiger charge is -2.38. The van der Waals surface area contributed by atoms with Crippen LogP contribution in [0.3, 0.4) is 0 Å². The van der Waals surface area contributed by atoms with E-state index in [1.165, 1.54) is 69.4 Å². The first-order chi connectivity index (χ1) is 53.5. The Labute approximate surface area is 660 Å². The maximum atomic E-state index is 15.0. The molecule has 0 aromatic heterocycles. The van der Waals surface area contributed by atoms with Gasteiger partial charge in [-0.3, -0.25) is 39.4 Å². The van der Waals surface area contributed by atoms with Gasteiger partial charge in [-0.05, 0) is 135 Å². The van der Waals surface area contributed by atoms with E-state index in [2.05, 4.69) is 89.6 Å². The second-order valence-electron chi connectivity index (χ2n) is 29.6. The van der Waals surface area contributed by atoms with Crippen LogP contribution < -0.4 is 61.5 Å². The molecule has 30 nitrogen and oxygen atoms in total. The summed E-state index contributed by atoms with van der Waals surface area (Å²) >= 11 is 0. The topological polar surface area (TPSA) is 377 Å². The van der Waals surface area contributed by atoms with E-state index in [1.807, 2.05) is 32.0 Å². The molecule has 0 unspecified atom stereocenters. The van der Waals surface area contributed by atoms with Crippen LogP contribution in [0.15, 0.2) is 146 Å². The van der Waals surface area contributed by atoms with E-state index in [1.54, 1.807) is 99.6 Å². The van der Waals surface area contributed by atoms with E-state index in [0.717, 1.165) is 11.1 Å². The highest BCUT2D eigenvalue weighted by Crippen LogP contribution is 2.41. The quantitative estimate of drug-likeness (QED) is 0.0102. The second kappa shape index (κ2) is 41.0. The minimum absolute atomic E-state index is 0.00731. The molecule has 6 atom stereocenters. The molecule has 10 amide bonds. The van der Waals surface area contributed by atoms with Gasteiger partial charge in [-0.15, -0.1) is 0 Å². The van der Waals surface area contributed by atoms with Gasteiger partial charge in [0.25, 0.3) is 11.8 Å². The fraction of sp³-hybridized carbons (Fsp3) is 0.415. The minimum Gasteiger partial charge on any atom is -0.493 e. The molecule has 7 rings (SSSR count). The third-order valence-electron chi connectivity index (χ3n) is 18.9. The minimum atomic E-state index is -2.26. The van der Waals surface area contributed by atoms with Crippen LogP contribution in [0.2, 0.25) is 18.1 Å². The fourth-order valence-corrected chi connectivity index (χ4v) is 12.5. The van der Waals surface area contributed by atoms with Crippen molar-refractivity contribution >= 4 is 90.9 Å². The SMILES string of the molecule is C=CCOC(=O)N[C@H](C(=O)N[C@@H](C)C(=O)Nc1ccc(COC(=O)Nc2cc(OCc3cccc(COc4cc(NC(=O)OCc5ccc(NC(=O)[C@H](C)NC(=O)[C@@H](NC(=O)OCC=C)C(C)C)cc5)c(C(=O)N5C=C(C)C[C@H]5CO[Si](C)(C)C(C)(C)C)cc4OC)c3)c(OC)cc2C(=O)N2C=C(C)C[C@H]2CO)cc1)C(C)C. The molecule has 0 bridgehead atoms. The lowest BCUT2D eigenvalue weighted by molar-refractivity contribution is -0.128. The van der Waals surface area contributed by atoms with Gasteiger partial charge in [-0.1, -0.05) is 127 Å². The van der Waals surface area contributed by atoms with Crippen LogP contribution in [-0.2, 0) is 69.0 Å². The molecule has 0 saturated carbocycles. The van der Waals surface area contributed by atoms with E-state index < -0.39 is 98.3 Å². The van der Waals surface area contributed by atoms with Crippen LogP contribution in [-0.4, -0.2) is 160 Å². The number of amides is 10. The molecule has 9 N–H and O–H groups in total. The first kappa shape index (κ1) is 88.5. The number of aliphatic hydroxyl groups is 1. The summed E-state index contributed by atoms with van der Waals surface area (Å²) in [7, 11) is 0.552. The summed E-state index contributed by atoms with van der Waals surface area (Å²) in [6.07, 6.45) is 3.67. The highest BCUT2D eigenvalue weighted by atomic mass is 28.4. The first-order valence-corrected chi connectivity index (χ1v) is 39.8. The van der Waals surface area contributed by atoms with Crippen molar-refractivity contribution in [3.63, 3.8) is 0 Å². The molecule has 0 aliphatic carbocycles. The van der Waals surface area contributed by atoms with E-state index in [0.29, 0.717) is 46.5 Å². The summed E-state index contributed by atoms with van der Waals surface area (Å²) < 4.78 is 52.5. The summed E-state index contributed by atoms with van der Waals surface area (Å²) in [4.78, 5) is 137. The monoisotopic (exact) mass is 1580 g/mol. The molecule has 5 aromatic rings. The number of benzene rings is 5. The summed E-state index contributed by atoms with van der Waals surface area (Å²) in [6.45, 7) is 30.6. The van der Waals surface area contributed by atoms with Gasteiger partial charge in [0.2, 0.25) is 23.6 Å². The Morgan fingerprint density at radius 2 is 0.903 bits per heavy atom. The molecule has 5 aromatic carbocycles. The molecule has 0 fully saturated rings. The summed E-state index contributed by atoms with van der Waals surface area (Å²) in [5.74, 6) is -3.39. The van der Waals surface area contributed by atoms with Gasteiger partial charge in [0.15, 0.2) is 31.3 Å². The van der Waals surface area contributed by atoms with Gasteiger partial charge in [0.05, 0.1) is 62.0 Å².